The number of para-hydroxylation sites is 1. The monoisotopic (exact) mass is 281 g/mol. The van der Waals surface area contributed by atoms with E-state index in [9.17, 15) is 0 Å². The highest BCUT2D eigenvalue weighted by molar-refractivity contribution is 7.98. The van der Waals surface area contributed by atoms with Crippen molar-refractivity contribution >= 4 is 23.6 Å². The van der Waals surface area contributed by atoms with Gasteiger partial charge >= 0.3 is 0 Å². The number of hydrogen-bond donors (Lipinski definition) is 2. The van der Waals surface area contributed by atoms with Gasteiger partial charge in [0.15, 0.2) is 0 Å². The number of hydrogen-bond acceptors (Lipinski definition) is 3. The predicted octanol–water partition coefficient (Wildman–Crippen LogP) is 3.43. The minimum Gasteiger partial charge on any atom is -0.380 e. The third-order valence-electron chi connectivity index (χ3n) is 2.64. The fraction of sp³-hybridized carbons (Fsp3) is 0.500. The van der Waals surface area contributed by atoms with Crippen LogP contribution in [-0.4, -0.2) is 25.7 Å². The predicted molar refractivity (Wildman–Crippen MR) is 83.9 cm³/mol. The molecule has 0 aliphatic carbocycles. The summed E-state index contributed by atoms with van der Waals surface area (Å²) in [6.07, 6.45) is 0.134. The molecule has 1 aliphatic heterocycles. The molecule has 1 aromatic carbocycles. The highest BCUT2D eigenvalue weighted by Crippen LogP contribution is 2.31. The molecule has 0 spiro atoms. The lowest BCUT2D eigenvalue weighted by atomic mass is 10.2. The van der Waals surface area contributed by atoms with E-state index in [1.165, 1.54) is 10.5 Å². The van der Waals surface area contributed by atoms with Crippen LogP contribution in [0.5, 0.6) is 0 Å². The van der Waals surface area contributed by atoms with Crippen LogP contribution in [0.4, 0.5) is 5.69 Å². The summed E-state index contributed by atoms with van der Waals surface area (Å²) < 4.78 is 8.35. The van der Waals surface area contributed by atoms with Crippen LogP contribution in [0.15, 0.2) is 28.1 Å². The fourth-order valence-corrected chi connectivity index (χ4v) is 2.28. The van der Waals surface area contributed by atoms with Crippen molar-refractivity contribution in [3.63, 3.8) is 0 Å². The molecule has 0 saturated carbocycles. The van der Waals surface area contributed by atoms with E-state index in [-0.39, 0.29) is 6.10 Å². The van der Waals surface area contributed by atoms with Gasteiger partial charge in [-0.25, -0.2) is 4.99 Å². The lowest BCUT2D eigenvalue weighted by molar-refractivity contribution is 0.125. The topological polar surface area (TPSA) is 45.6 Å². The molecule has 2 rings (SSSR count). The normalized spacial score (nSPS) is 16.6. The van der Waals surface area contributed by atoms with E-state index < -0.39 is 0 Å². The molecular formula is C14H23N3OS. The molecule has 0 radical (unpaired) electrons. The molecule has 0 bridgehead atoms. The summed E-state index contributed by atoms with van der Waals surface area (Å²) in [5.74, 6) is 0.792. The van der Waals surface area contributed by atoms with E-state index >= 15 is 0 Å². The highest BCUT2D eigenvalue weighted by Gasteiger charge is 2.15. The maximum absolute atomic E-state index is 5.16. The van der Waals surface area contributed by atoms with Crippen LogP contribution in [0.3, 0.4) is 0 Å². The third kappa shape index (κ3) is 4.44. The molecular weight excluding hydrogens is 258 g/mol. The number of rotatable bonds is 3. The van der Waals surface area contributed by atoms with Crippen LogP contribution in [0.2, 0.25) is 0 Å². The van der Waals surface area contributed by atoms with Gasteiger partial charge in [-0.3, -0.25) is 4.72 Å². The van der Waals surface area contributed by atoms with Gasteiger partial charge in [0.25, 0.3) is 0 Å². The number of guanidine groups is 1. The fourth-order valence-electron chi connectivity index (χ4n) is 1.50. The Morgan fingerprint density at radius 2 is 2.11 bits per heavy atom. The van der Waals surface area contributed by atoms with Crippen molar-refractivity contribution in [3.05, 3.63) is 23.8 Å². The molecule has 106 valence electrons. The Hall–Kier alpha value is -1.20. The van der Waals surface area contributed by atoms with Crippen molar-refractivity contribution in [1.82, 2.24) is 4.72 Å². The zero-order valence-corrected chi connectivity index (χ0v) is 13.1. The van der Waals surface area contributed by atoms with E-state index in [1.807, 2.05) is 20.8 Å². The Bertz CT molecular complexity index is 435. The second kappa shape index (κ2) is 8.07. The molecule has 19 heavy (non-hydrogen) atoms. The van der Waals surface area contributed by atoms with Crippen LogP contribution in [0.1, 0.15) is 26.3 Å². The molecule has 1 atom stereocenters. The number of fused-ring (bicyclic) bond motifs is 1. The third-order valence-corrected chi connectivity index (χ3v) is 3.50. The molecule has 1 aliphatic rings. The SMILES string of the molecule is CC.COC(C)CN=C1NSc2cccc(C)c2N1. The summed E-state index contributed by atoms with van der Waals surface area (Å²) >= 11 is 1.59. The summed E-state index contributed by atoms with van der Waals surface area (Å²) in [6, 6.07) is 6.23. The minimum absolute atomic E-state index is 0.134. The summed E-state index contributed by atoms with van der Waals surface area (Å²) in [6.45, 7) is 8.74. The van der Waals surface area contributed by atoms with Gasteiger partial charge in [-0.1, -0.05) is 26.0 Å². The van der Waals surface area contributed by atoms with Crippen LogP contribution >= 0.6 is 11.9 Å². The molecule has 0 fully saturated rings. The maximum atomic E-state index is 5.16. The molecule has 0 saturated heterocycles. The summed E-state index contributed by atoms with van der Waals surface area (Å²) in [5.41, 5.74) is 2.36. The zero-order chi connectivity index (χ0) is 14.3. The van der Waals surface area contributed by atoms with Crippen molar-refractivity contribution in [2.45, 2.75) is 38.7 Å². The number of benzene rings is 1. The molecule has 1 aromatic rings. The Labute approximate surface area is 120 Å². The van der Waals surface area contributed by atoms with Gasteiger partial charge in [0, 0.05) is 7.11 Å². The highest BCUT2D eigenvalue weighted by atomic mass is 32.2. The Morgan fingerprint density at radius 3 is 2.79 bits per heavy atom. The second-order valence-corrected chi connectivity index (χ2v) is 4.86. The lowest BCUT2D eigenvalue weighted by Gasteiger charge is -2.22. The van der Waals surface area contributed by atoms with E-state index in [2.05, 4.69) is 40.2 Å². The average Bonchev–Trinajstić information content (AvgIpc) is 2.47. The molecule has 2 N–H and O–H groups in total. The zero-order valence-electron chi connectivity index (χ0n) is 12.3. The summed E-state index contributed by atoms with van der Waals surface area (Å²) in [4.78, 5) is 5.64. The molecule has 5 heteroatoms. The van der Waals surface area contributed by atoms with E-state index in [4.69, 9.17) is 4.74 Å². The number of methoxy groups -OCH3 is 1. The largest absolute Gasteiger partial charge is 0.380 e. The van der Waals surface area contributed by atoms with E-state index in [0.29, 0.717) is 6.54 Å². The van der Waals surface area contributed by atoms with Gasteiger partial charge in [-0.15, -0.1) is 0 Å². The van der Waals surface area contributed by atoms with Crippen LogP contribution in [-0.2, 0) is 4.74 Å². The van der Waals surface area contributed by atoms with Gasteiger partial charge < -0.3 is 10.1 Å². The number of nitrogens with zero attached hydrogens (tertiary/aromatic N) is 1. The Morgan fingerprint density at radius 1 is 1.37 bits per heavy atom. The van der Waals surface area contributed by atoms with Crippen LogP contribution < -0.4 is 10.0 Å². The first kappa shape index (κ1) is 15.9. The molecule has 4 nitrogen and oxygen atoms in total. The van der Waals surface area contributed by atoms with Gasteiger partial charge in [0.05, 0.1) is 23.2 Å². The van der Waals surface area contributed by atoms with Crippen molar-refractivity contribution in [3.8, 4) is 0 Å². The number of aryl methyl sites for hydroxylation is 1. The number of aliphatic imine (C=N–C) groups is 1. The molecule has 1 unspecified atom stereocenters. The summed E-state index contributed by atoms with van der Waals surface area (Å²) in [5, 5.41) is 3.31. The first-order valence-corrected chi connectivity index (χ1v) is 7.39. The van der Waals surface area contributed by atoms with Crippen molar-refractivity contribution in [2.75, 3.05) is 19.0 Å². The van der Waals surface area contributed by atoms with Gasteiger partial charge in [-0.05, 0) is 37.4 Å². The second-order valence-electron chi connectivity index (χ2n) is 4.01. The quantitative estimate of drug-likeness (QED) is 0.833. The first-order chi connectivity index (χ1) is 9.20. The maximum Gasteiger partial charge on any atom is 0.206 e. The van der Waals surface area contributed by atoms with Crippen LogP contribution in [0.25, 0.3) is 0 Å². The molecule has 0 amide bonds. The number of nitrogens with one attached hydrogen (secondary N) is 2. The standard InChI is InChI=1S/C12H17N3OS.C2H6/c1-8-5-4-6-10-11(8)14-12(15-17-10)13-7-9(2)16-3;1-2/h4-6,9H,7H2,1-3H3,(H2,13,14,15);1-2H3. The lowest BCUT2D eigenvalue weighted by Crippen LogP contribution is -2.30. The van der Waals surface area contributed by atoms with Crippen molar-refractivity contribution in [1.29, 1.82) is 0 Å². The number of ether oxygens (including phenoxy) is 1. The molecule has 1 heterocycles. The first-order valence-electron chi connectivity index (χ1n) is 6.57. The number of anilines is 1. The van der Waals surface area contributed by atoms with E-state index in [0.717, 1.165) is 11.6 Å². The van der Waals surface area contributed by atoms with Crippen molar-refractivity contribution in [2.24, 2.45) is 4.99 Å². The van der Waals surface area contributed by atoms with Gasteiger partial charge in [0.2, 0.25) is 5.96 Å². The smallest absolute Gasteiger partial charge is 0.206 e. The van der Waals surface area contributed by atoms with Gasteiger partial charge in [0.1, 0.15) is 0 Å². The van der Waals surface area contributed by atoms with Crippen LogP contribution in [0, 0.1) is 6.92 Å². The molecule has 0 aromatic heterocycles. The summed E-state index contributed by atoms with van der Waals surface area (Å²) in [7, 11) is 1.70. The van der Waals surface area contributed by atoms with Gasteiger partial charge in [-0.2, -0.15) is 0 Å². The Kier molecular flexibility index (Phi) is 6.73. The average molecular weight is 281 g/mol. The van der Waals surface area contributed by atoms with Crippen molar-refractivity contribution < 1.29 is 4.74 Å². The van der Waals surface area contributed by atoms with E-state index in [1.54, 1.807) is 19.1 Å². The minimum atomic E-state index is 0.134. The Balaban J connectivity index is 0.000000861.